The molecule has 28 heavy (non-hydrogen) atoms. The molecule has 6 nitrogen and oxygen atoms in total. The quantitative estimate of drug-likeness (QED) is 0.723. The first-order chi connectivity index (χ1) is 13.1. The van der Waals surface area contributed by atoms with Crippen molar-refractivity contribution < 1.29 is 22.3 Å². The van der Waals surface area contributed by atoms with Crippen molar-refractivity contribution in [3.8, 4) is 5.75 Å². The van der Waals surface area contributed by atoms with Gasteiger partial charge in [0, 0.05) is 0 Å². The molecule has 9 heteroatoms. The van der Waals surface area contributed by atoms with Gasteiger partial charge in [0.1, 0.15) is 17.6 Å². The monoisotopic (exact) mass is 428 g/mol. The number of carbonyl (C=O) groups is 1. The third-order valence-corrected chi connectivity index (χ3v) is 5.57. The van der Waals surface area contributed by atoms with Gasteiger partial charge in [0.2, 0.25) is 15.9 Å². The van der Waals surface area contributed by atoms with Crippen LogP contribution >= 0.6 is 11.6 Å². The number of halogens is 2. The molecule has 0 unspecified atom stereocenters. The van der Waals surface area contributed by atoms with E-state index in [4.69, 9.17) is 16.3 Å². The Morgan fingerprint density at radius 3 is 2.50 bits per heavy atom. The number of amides is 1. The summed E-state index contributed by atoms with van der Waals surface area (Å²) in [5.41, 5.74) is 1.43. The van der Waals surface area contributed by atoms with Gasteiger partial charge in [0.15, 0.2) is 0 Å². The van der Waals surface area contributed by atoms with Gasteiger partial charge in [-0.2, -0.15) is 0 Å². The van der Waals surface area contributed by atoms with Crippen molar-refractivity contribution in [3.63, 3.8) is 0 Å². The lowest BCUT2D eigenvalue weighted by Crippen LogP contribution is -2.47. The summed E-state index contributed by atoms with van der Waals surface area (Å²) in [4.78, 5) is 13.0. The van der Waals surface area contributed by atoms with Crippen molar-refractivity contribution >= 4 is 38.9 Å². The molecule has 1 atom stereocenters. The highest BCUT2D eigenvalue weighted by atomic mass is 35.5. The first kappa shape index (κ1) is 22.0. The number of benzene rings is 2. The number of sulfonamides is 1. The molecule has 0 spiro atoms. The van der Waals surface area contributed by atoms with E-state index < -0.39 is 27.8 Å². The molecule has 152 valence electrons. The smallest absolute Gasteiger partial charge is 0.248 e. The Labute approximate surface area is 169 Å². The number of nitrogens with zero attached hydrogens (tertiary/aromatic N) is 1. The van der Waals surface area contributed by atoms with Gasteiger partial charge in [-0.1, -0.05) is 24.6 Å². The molecule has 0 bridgehead atoms. The third-order valence-electron chi connectivity index (χ3n) is 4.10. The number of nitrogens with one attached hydrogen (secondary N) is 1. The van der Waals surface area contributed by atoms with Gasteiger partial charge in [-0.15, -0.1) is 0 Å². The van der Waals surface area contributed by atoms with E-state index in [0.717, 1.165) is 22.2 Å². The zero-order valence-electron chi connectivity index (χ0n) is 16.0. The molecular formula is C19H22ClFN2O4S. The van der Waals surface area contributed by atoms with Crippen molar-refractivity contribution in [1.82, 2.24) is 0 Å². The molecule has 0 heterocycles. The second-order valence-electron chi connectivity index (χ2n) is 6.27. The van der Waals surface area contributed by atoms with Crippen LogP contribution in [-0.4, -0.2) is 33.7 Å². The van der Waals surface area contributed by atoms with Crippen LogP contribution in [0.4, 0.5) is 15.8 Å². The Morgan fingerprint density at radius 1 is 1.29 bits per heavy atom. The van der Waals surface area contributed by atoms with E-state index in [1.807, 2.05) is 13.0 Å². The molecule has 2 rings (SSSR count). The zero-order valence-corrected chi connectivity index (χ0v) is 17.6. The summed E-state index contributed by atoms with van der Waals surface area (Å²) in [5.74, 6) is -0.775. The van der Waals surface area contributed by atoms with Gasteiger partial charge < -0.3 is 10.1 Å². The molecule has 0 fully saturated rings. The van der Waals surface area contributed by atoms with E-state index in [2.05, 4.69) is 5.32 Å². The predicted octanol–water partition coefficient (Wildman–Crippen LogP) is 3.98. The average molecular weight is 429 g/mol. The van der Waals surface area contributed by atoms with E-state index in [-0.39, 0.29) is 17.1 Å². The molecule has 0 aliphatic heterocycles. The van der Waals surface area contributed by atoms with Crippen molar-refractivity contribution in [2.75, 3.05) is 23.0 Å². The van der Waals surface area contributed by atoms with E-state index in [9.17, 15) is 17.6 Å². The zero-order chi connectivity index (χ0) is 21.1. The molecule has 2 aromatic rings. The minimum absolute atomic E-state index is 0.104. The first-order valence-corrected chi connectivity index (χ1v) is 10.7. The van der Waals surface area contributed by atoms with Crippen LogP contribution in [0.15, 0.2) is 36.4 Å². The van der Waals surface area contributed by atoms with Gasteiger partial charge in [0.25, 0.3) is 0 Å². The highest BCUT2D eigenvalue weighted by Gasteiger charge is 2.32. The Balaban J connectivity index is 2.45. The molecule has 1 N–H and O–H groups in total. The number of rotatable bonds is 7. The molecule has 0 radical (unpaired) electrons. The van der Waals surface area contributed by atoms with Crippen LogP contribution in [0.5, 0.6) is 5.75 Å². The molecule has 0 saturated heterocycles. The predicted molar refractivity (Wildman–Crippen MR) is 109 cm³/mol. The lowest BCUT2D eigenvalue weighted by Gasteiger charge is -2.30. The van der Waals surface area contributed by atoms with Gasteiger partial charge in [0.05, 0.1) is 29.8 Å². The molecular weight excluding hydrogens is 407 g/mol. The second-order valence-corrected chi connectivity index (χ2v) is 8.54. The summed E-state index contributed by atoms with van der Waals surface area (Å²) in [6.45, 7) is 3.54. The fraction of sp³-hybridized carbons (Fsp3) is 0.316. The Morgan fingerprint density at radius 2 is 1.96 bits per heavy atom. The van der Waals surface area contributed by atoms with Gasteiger partial charge >= 0.3 is 0 Å². The van der Waals surface area contributed by atoms with Crippen LogP contribution < -0.4 is 14.4 Å². The molecule has 1 amide bonds. The van der Waals surface area contributed by atoms with Crippen LogP contribution in [0.3, 0.4) is 0 Å². The lowest BCUT2D eigenvalue weighted by molar-refractivity contribution is -0.117. The number of hydrogen-bond donors (Lipinski definition) is 1. The normalized spacial score (nSPS) is 12.4. The molecule has 0 saturated carbocycles. The molecule has 0 aromatic heterocycles. The molecule has 2 aromatic carbocycles. The van der Waals surface area contributed by atoms with Gasteiger partial charge in [-0.25, -0.2) is 12.8 Å². The van der Waals surface area contributed by atoms with E-state index in [1.165, 1.54) is 19.2 Å². The SMILES string of the molecule is CC[C@H](C(=O)Nc1cc(C)ccc1OC)N(c1ccc(F)c(Cl)c1)S(C)(=O)=O. The molecule has 0 aliphatic rings. The Kier molecular flexibility index (Phi) is 6.90. The van der Waals surface area contributed by atoms with Crippen LogP contribution in [0, 0.1) is 12.7 Å². The van der Waals surface area contributed by atoms with Crippen LogP contribution in [0.2, 0.25) is 5.02 Å². The maximum Gasteiger partial charge on any atom is 0.248 e. The van der Waals surface area contributed by atoms with E-state index in [0.29, 0.717) is 11.4 Å². The standard InChI is InChI=1S/C19H22ClFN2O4S/c1-5-17(19(24)22-16-10-12(2)6-9-18(16)27-3)23(28(4,25)26)13-7-8-15(21)14(20)11-13/h6-11,17H,5H2,1-4H3,(H,22,24)/t17-/m1/s1. The summed E-state index contributed by atoms with van der Waals surface area (Å²) in [5, 5.41) is 2.49. The third kappa shape index (κ3) is 4.94. The Hall–Kier alpha value is -2.32. The largest absolute Gasteiger partial charge is 0.495 e. The fourth-order valence-electron chi connectivity index (χ4n) is 2.82. The summed E-state index contributed by atoms with van der Waals surface area (Å²) in [6, 6.07) is 7.70. The lowest BCUT2D eigenvalue weighted by atomic mass is 10.1. The van der Waals surface area contributed by atoms with Crippen LogP contribution in [-0.2, 0) is 14.8 Å². The van der Waals surface area contributed by atoms with Crippen molar-refractivity contribution in [2.24, 2.45) is 0 Å². The van der Waals surface area contributed by atoms with Crippen molar-refractivity contribution in [1.29, 1.82) is 0 Å². The minimum Gasteiger partial charge on any atom is -0.495 e. The Bertz CT molecular complexity index is 982. The highest BCUT2D eigenvalue weighted by molar-refractivity contribution is 7.92. The fourth-order valence-corrected chi connectivity index (χ4v) is 4.20. The summed E-state index contributed by atoms with van der Waals surface area (Å²) in [7, 11) is -2.39. The van der Waals surface area contributed by atoms with Crippen LogP contribution in [0.1, 0.15) is 18.9 Å². The summed E-state index contributed by atoms with van der Waals surface area (Å²) in [6.07, 6.45) is 1.16. The van der Waals surface area contributed by atoms with Crippen molar-refractivity contribution in [2.45, 2.75) is 26.3 Å². The average Bonchev–Trinajstić information content (AvgIpc) is 2.61. The minimum atomic E-state index is -3.86. The number of aryl methyl sites for hydroxylation is 1. The van der Waals surface area contributed by atoms with E-state index >= 15 is 0 Å². The number of anilines is 2. The van der Waals surface area contributed by atoms with Crippen LogP contribution in [0.25, 0.3) is 0 Å². The topological polar surface area (TPSA) is 75.7 Å². The van der Waals surface area contributed by atoms with Gasteiger partial charge in [-0.3, -0.25) is 9.10 Å². The number of carbonyl (C=O) groups excluding carboxylic acids is 1. The van der Waals surface area contributed by atoms with Gasteiger partial charge in [-0.05, 0) is 49.2 Å². The second kappa shape index (κ2) is 8.79. The maximum absolute atomic E-state index is 13.5. The van der Waals surface area contributed by atoms with Crippen molar-refractivity contribution in [3.05, 3.63) is 52.8 Å². The number of ether oxygens (including phenoxy) is 1. The summed E-state index contributed by atoms with van der Waals surface area (Å²) < 4.78 is 44.6. The summed E-state index contributed by atoms with van der Waals surface area (Å²) >= 11 is 5.81. The maximum atomic E-state index is 13.5. The number of hydrogen-bond acceptors (Lipinski definition) is 4. The highest BCUT2D eigenvalue weighted by Crippen LogP contribution is 2.29. The molecule has 0 aliphatic carbocycles. The number of methoxy groups -OCH3 is 1. The first-order valence-electron chi connectivity index (χ1n) is 8.48. The van der Waals surface area contributed by atoms with E-state index in [1.54, 1.807) is 19.1 Å².